The van der Waals surface area contributed by atoms with E-state index in [2.05, 4.69) is 24.4 Å². The first-order chi connectivity index (χ1) is 17.9. The summed E-state index contributed by atoms with van der Waals surface area (Å²) < 4.78 is 71.5. The summed E-state index contributed by atoms with van der Waals surface area (Å²) in [6.45, 7) is 0. The predicted octanol–water partition coefficient (Wildman–Crippen LogP) is 5.95. The zero-order valence-electron chi connectivity index (χ0n) is 19.1. The van der Waals surface area contributed by atoms with Gasteiger partial charge in [0.25, 0.3) is 10.0 Å². The fraction of sp³-hybridized carbons (Fsp3) is 0.0870. The monoisotopic (exact) mass is 588 g/mol. The van der Waals surface area contributed by atoms with Crippen LogP contribution in [0.3, 0.4) is 0 Å². The molecule has 0 aliphatic rings. The molecular weight excluding hydrogens is 572 g/mol. The molecule has 0 saturated heterocycles. The Hall–Kier alpha value is -3.81. The van der Waals surface area contributed by atoms with Crippen LogP contribution in [-0.4, -0.2) is 41.9 Å². The van der Waals surface area contributed by atoms with Gasteiger partial charge >= 0.3 is 6.36 Å². The number of aromatic hydroxyl groups is 1. The number of benzene rings is 1. The number of alkyl halides is 3. The van der Waals surface area contributed by atoms with Crippen molar-refractivity contribution in [1.82, 2.24) is 15.0 Å². The molecule has 200 valence electrons. The van der Waals surface area contributed by atoms with Gasteiger partial charge in [0.05, 0.1) is 17.2 Å². The maximum Gasteiger partial charge on any atom is 0.573 e. The molecule has 0 atom stereocenters. The number of sulfonamides is 1. The van der Waals surface area contributed by atoms with Gasteiger partial charge in [-0.05, 0) is 24.3 Å². The van der Waals surface area contributed by atoms with E-state index < -0.39 is 16.4 Å². The molecule has 4 aromatic rings. The first-order valence-corrected chi connectivity index (χ1v) is 12.4. The highest BCUT2D eigenvalue weighted by Gasteiger charge is 2.31. The van der Waals surface area contributed by atoms with Crippen LogP contribution in [-0.2, 0) is 10.0 Å². The average Bonchev–Trinajstić information content (AvgIpc) is 2.86. The molecule has 0 saturated carbocycles. The fourth-order valence-electron chi connectivity index (χ4n) is 2.83. The molecule has 0 aliphatic carbocycles. The van der Waals surface area contributed by atoms with Crippen LogP contribution in [0.4, 0.5) is 19.0 Å². The Bertz CT molecular complexity index is 1510. The average molecular weight is 589 g/mol. The molecule has 3 aromatic heterocycles. The largest absolute Gasteiger partial charge is 0.573 e. The van der Waals surface area contributed by atoms with Crippen molar-refractivity contribution in [2.45, 2.75) is 11.3 Å². The number of rotatable bonds is 6. The molecule has 0 amide bonds. The maximum atomic E-state index is 12.2. The van der Waals surface area contributed by atoms with Crippen LogP contribution in [0, 0.1) is 0 Å². The molecule has 0 radical (unpaired) electrons. The van der Waals surface area contributed by atoms with E-state index in [1.165, 1.54) is 74.4 Å². The summed E-state index contributed by atoms with van der Waals surface area (Å²) in [5, 5.41) is 10.1. The summed E-state index contributed by atoms with van der Waals surface area (Å²) in [6, 6.07) is 11.1. The van der Waals surface area contributed by atoms with Crippen molar-refractivity contribution in [2.24, 2.45) is 0 Å². The lowest BCUT2D eigenvalue weighted by molar-refractivity contribution is -0.274. The van der Waals surface area contributed by atoms with Gasteiger partial charge in [-0.1, -0.05) is 35.3 Å². The number of hydrogen-bond acceptors (Lipinski definition) is 8. The highest BCUT2D eigenvalue weighted by molar-refractivity contribution is 7.92. The van der Waals surface area contributed by atoms with E-state index in [9.17, 15) is 26.7 Å². The smallest absolute Gasteiger partial charge is 0.504 e. The van der Waals surface area contributed by atoms with E-state index in [-0.39, 0.29) is 27.2 Å². The number of hydrogen-bond donors (Lipinski definition) is 2. The Morgan fingerprint density at radius 2 is 1.68 bits per heavy atom. The first kappa shape index (κ1) is 28.8. The highest BCUT2D eigenvalue weighted by Crippen LogP contribution is 2.33. The molecule has 4 rings (SSSR count). The number of ether oxygens (including phenoxy) is 2. The van der Waals surface area contributed by atoms with Gasteiger partial charge in [0.2, 0.25) is 0 Å². The third kappa shape index (κ3) is 8.10. The lowest BCUT2D eigenvalue weighted by atomic mass is 10.1. The second-order valence-electron chi connectivity index (χ2n) is 7.10. The lowest BCUT2D eigenvalue weighted by Gasteiger charge is -2.11. The van der Waals surface area contributed by atoms with E-state index in [4.69, 9.17) is 27.9 Å². The van der Waals surface area contributed by atoms with Crippen molar-refractivity contribution >= 4 is 39.0 Å². The summed E-state index contributed by atoms with van der Waals surface area (Å²) in [5.74, 6) is -0.506. The summed E-state index contributed by atoms with van der Waals surface area (Å²) in [5.41, 5.74) is 0.810. The Kier molecular flexibility index (Phi) is 9.20. The van der Waals surface area contributed by atoms with Crippen molar-refractivity contribution < 1.29 is 36.2 Å². The van der Waals surface area contributed by atoms with Gasteiger partial charge in [-0.15, -0.1) is 13.2 Å². The van der Waals surface area contributed by atoms with Crippen LogP contribution in [0.2, 0.25) is 10.0 Å². The van der Waals surface area contributed by atoms with Crippen molar-refractivity contribution in [3.05, 3.63) is 83.4 Å². The minimum absolute atomic E-state index is 0.0267. The maximum absolute atomic E-state index is 12.2. The molecule has 9 nitrogen and oxygen atoms in total. The molecule has 2 N–H and O–H groups in total. The summed E-state index contributed by atoms with van der Waals surface area (Å²) in [4.78, 5) is 11.4. The van der Waals surface area contributed by atoms with Crippen molar-refractivity contribution in [2.75, 3.05) is 11.8 Å². The predicted molar refractivity (Wildman–Crippen MR) is 134 cm³/mol. The van der Waals surface area contributed by atoms with Crippen molar-refractivity contribution in [3.8, 4) is 28.5 Å². The Morgan fingerprint density at radius 1 is 0.974 bits per heavy atom. The van der Waals surface area contributed by atoms with Gasteiger partial charge in [0.15, 0.2) is 11.6 Å². The lowest BCUT2D eigenvalue weighted by Crippen LogP contribution is -2.17. The third-order valence-corrected chi connectivity index (χ3v) is 6.13. The molecule has 1 aromatic carbocycles. The second kappa shape index (κ2) is 12.2. The van der Waals surface area contributed by atoms with Crippen LogP contribution >= 0.6 is 23.2 Å². The van der Waals surface area contributed by atoms with E-state index in [1.807, 2.05) is 0 Å². The molecule has 0 aliphatic heterocycles. The number of nitrogens with zero attached hydrogens (tertiary/aromatic N) is 3. The Balaban J connectivity index is 0.000000212. The van der Waals surface area contributed by atoms with Crippen LogP contribution in [0.1, 0.15) is 0 Å². The SMILES string of the molecule is COc1cc(Cl)cnc1-c1cccc(OC(F)(F)F)c1.O=S(=O)(Nc1ncc(Cl)cc1O)c1cccnc1. The number of aromatic nitrogens is 3. The highest BCUT2D eigenvalue weighted by atomic mass is 35.5. The van der Waals surface area contributed by atoms with E-state index in [1.54, 1.807) is 6.07 Å². The van der Waals surface area contributed by atoms with Crippen molar-refractivity contribution in [1.29, 1.82) is 0 Å². The van der Waals surface area contributed by atoms with Gasteiger partial charge in [-0.2, -0.15) is 0 Å². The standard InChI is InChI=1S/C13H9ClF3NO2.C10H8ClN3O3S/c1-19-11-6-9(14)7-18-12(11)8-3-2-4-10(5-8)20-13(15,16)17;11-7-4-9(15)10(13-5-7)14-18(16,17)8-2-1-3-12-6-8/h2-7H,1H3;1-6,15H,(H,13,14). The van der Waals surface area contributed by atoms with Crippen LogP contribution in [0.15, 0.2) is 78.2 Å². The summed E-state index contributed by atoms with van der Waals surface area (Å²) in [7, 11) is -2.40. The number of methoxy groups -OCH3 is 1. The van der Waals surface area contributed by atoms with Gasteiger partial charge in [0, 0.05) is 42.5 Å². The number of anilines is 1. The zero-order valence-corrected chi connectivity index (χ0v) is 21.5. The van der Waals surface area contributed by atoms with E-state index in [0.717, 1.165) is 0 Å². The molecular formula is C23H17Cl2F3N4O5S. The quantitative estimate of drug-likeness (QED) is 0.283. The second-order valence-corrected chi connectivity index (χ2v) is 9.65. The van der Waals surface area contributed by atoms with E-state index in [0.29, 0.717) is 22.0 Å². The Labute approximate surface area is 224 Å². The van der Waals surface area contributed by atoms with Crippen LogP contribution in [0.25, 0.3) is 11.3 Å². The van der Waals surface area contributed by atoms with Gasteiger partial charge < -0.3 is 14.6 Å². The molecule has 0 fully saturated rings. The summed E-state index contributed by atoms with van der Waals surface area (Å²) in [6.07, 6.45) is 0.515. The van der Waals surface area contributed by atoms with Crippen molar-refractivity contribution in [3.63, 3.8) is 0 Å². The first-order valence-electron chi connectivity index (χ1n) is 10.2. The number of nitrogens with one attached hydrogen (secondary N) is 1. The molecule has 0 unspecified atom stereocenters. The Morgan fingerprint density at radius 3 is 2.32 bits per heavy atom. The van der Waals surface area contributed by atoms with Crippen LogP contribution < -0.4 is 14.2 Å². The molecule has 3 heterocycles. The van der Waals surface area contributed by atoms with Gasteiger partial charge in [0.1, 0.15) is 22.1 Å². The third-order valence-electron chi connectivity index (χ3n) is 4.39. The summed E-state index contributed by atoms with van der Waals surface area (Å²) >= 11 is 11.4. The molecule has 15 heteroatoms. The minimum Gasteiger partial charge on any atom is -0.504 e. The van der Waals surface area contributed by atoms with Gasteiger partial charge in [-0.3, -0.25) is 14.7 Å². The normalized spacial score (nSPS) is 11.2. The topological polar surface area (TPSA) is 124 Å². The molecule has 0 spiro atoms. The van der Waals surface area contributed by atoms with E-state index >= 15 is 0 Å². The van der Waals surface area contributed by atoms with Crippen LogP contribution in [0.5, 0.6) is 17.2 Å². The molecule has 0 bridgehead atoms. The van der Waals surface area contributed by atoms with Gasteiger partial charge in [-0.25, -0.2) is 13.4 Å². The zero-order chi connectivity index (χ0) is 27.9. The number of halogens is 5. The number of pyridine rings is 3. The fourth-order valence-corrected chi connectivity index (χ4v) is 4.12. The minimum atomic E-state index is -4.74. The molecule has 38 heavy (non-hydrogen) atoms.